The van der Waals surface area contributed by atoms with Gasteiger partial charge < -0.3 is 15.5 Å². The van der Waals surface area contributed by atoms with Crippen molar-refractivity contribution in [1.29, 1.82) is 0 Å². The highest BCUT2D eigenvalue weighted by molar-refractivity contribution is 5.21. The van der Waals surface area contributed by atoms with E-state index < -0.39 is 0 Å². The van der Waals surface area contributed by atoms with Gasteiger partial charge in [0.05, 0.1) is 11.3 Å². The molecular formula is C12H21N3O. The van der Waals surface area contributed by atoms with Crippen molar-refractivity contribution < 1.29 is 4.74 Å². The summed E-state index contributed by atoms with van der Waals surface area (Å²) in [5.41, 5.74) is 8.15. The van der Waals surface area contributed by atoms with Crippen molar-refractivity contribution in [3.8, 4) is 0 Å². The first-order valence-electron chi connectivity index (χ1n) is 5.90. The van der Waals surface area contributed by atoms with Crippen LogP contribution >= 0.6 is 0 Å². The predicted octanol–water partition coefficient (Wildman–Crippen LogP) is 1.71. The maximum absolute atomic E-state index is 6.04. The zero-order valence-corrected chi connectivity index (χ0v) is 10.3. The lowest BCUT2D eigenvalue weighted by molar-refractivity contribution is 0.0217. The lowest BCUT2D eigenvalue weighted by Crippen LogP contribution is -2.26. The summed E-state index contributed by atoms with van der Waals surface area (Å²) in [5.74, 6) is 0.995. The molecule has 90 valence electrons. The fraction of sp³-hybridized carbons (Fsp3) is 0.750. The summed E-state index contributed by atoms with van der Waals surface area (Å²) in [6.07, 6.45) is 4.07. The summed E-state index contributed by atoms with van der Waals surface area (Å²) in [5, 5.41) is 0. The molecule has 0 amide bonds. The molecule has 0 spiro atoms. The smallest absolute Gasteiger partial charge is 0.109 e. The predicted molar refractivity (Wildman–Crippen MR) is 63.2 cm³/mol. The van der Waals surface area contributed by atoms with Crippen LogP contribution in [0.15, 0.2) is 0 Å². The van der Waals surface area contributed by atoms with Crippen LogP contribution in [0.25, 0.3) is 0 Å². The molecule has 2 rings (SSSR count). The first-order valence-corrected chi connectivity index (χ1v) is 5.90. The summed E-state index contributed by atoms with van der Waals surface area (Å²) < 4.78 is 5.41. The summed E-state index contributed by atoms with van der Waals surface area (Å²) >= 11 is 0. The molecule has 1 heterocycles. The highest BCUT2D eigenvalue weighted by Crippen LogP contribution is 2.27. The number of imidazole rings is 1. The van der Waals surface area contributed by atoms with Crippen molar-refractivity contribution in [2.45, 2.75) is 51.2 Å². The molecule has 0 fully saturated rings. The van der Waals surface area contributed by atoms with E-state index in [-0.39, 0.29) is 11.6 Å². The van der Waals surface area contributed by atoms with Crippen molar-refractivity contribution in [3.63, 3.8) is 0 Å². The van der Waals surface area contributed by atoms with Crippen LogP contribution in [0.5, 0.6) is 0 Å². The molecule has 1 aliphatic rings. The van der Waals surface area contributed by atoms with E-state index in [1.165, 1.54) is 5.69 Å². The molecule has 4 nitrogen and oxygen atoms in total. The molecule has 1 atom stereocenters. The monoisotopic (exact) mass is 223 g/mol. The third-order valence-electron chi connectivity index (χ3n) is 3.30. The van der Waals surface area contributed by atoms with E-state index in [1.807, 2.05) is 0 Å². The van der Waals surface area contributed by atoms with Crippen LogP contribution in [0.1, 0.15) is 49.9 Å². The average molecular weight is 223 g/mol. The Bertz CT molecular complexity index is 370. The number of nitrogens with one attached hydrogen (secondary N) is 1. The normalized spacial score (nSPS) is 20.9. The summed E-state index contributed by atoms with van der Waals surface area (Å²) in [6.45, 7) is 4.13. The van der Waals surface area contributed by atoms with Gasteiger partial charge in [0.1, 0.15) is 5.82 Å². The van der Waals surface area contributed by atoms with Gasteiger partial charge in [-0.15, -0.1) is 0 Å². The van der Waals surface area contributed by atoms with Crippen LogP contribution in [0, 0.1) is 0 Å². The van der Waals surface area contributed by atoms with Crippen LogP contribution < -0.4 is 5.73 Å². The lowest BCUT2D eigenvalue weighted by atomic mass is 9.97. The zero-order chi connectivity index (χ0) is 11.8. The maximum atomic E-state index is 6.04. The van der Waals surface area contributed by atoms with E-state index in [4.69, 9.17) is 10.5 Å². The fourth-order valence-electron chi connectivity index (χ4n) is 2.17. The van der Waals surface area contributed by atoms with Gasteiger partial charge in [0, 0.05) is 25.3 Å². The Labute approximate surface area is 96.6 Å². The number of H-pyrrole nitrogens is 1. The molecule has 0 radical (unpaired) electrons. The standard InChI is InChI=1S/C12H21N3O/c1-12(2,16-3)7-10-14-9-6-4-5-8(13)11(9)15-10/h8H,4-7,13H2,1-3H3,(H,14,15). The third-order valence-corrected chi connectivity index (χ3v) is 3.30. The minimum atomic E-state index is -0.176. The Morgan fingerprint density at radius 3 is 2.94 bits per heavy atom. The molecule has 0 saturated carbocycles. The van der Waals surface area contributed by atoms with Crippen LogP contribution in [0.4, 0.5) is 0 Å². The van der Waals surface area contributed by atoms with E-state index in [1.54, 1.807) is 7.11 Å². The number of nitrogens with zero attached hydrogens (tertiary/aromatic N) is 1. The highest BCUT2D eigenvalue weighted by atomic mass is 16.5. The average Bonchev–Trinajstić information content (AvgIpc) is 2.61. The summed E-state index contributed by atoms with van der Waals surface area (Å²) in [7, 11) is 1.73. The van der Waals surface area contributed by atoms with Crippen molar-refractivity contribution >= 4 is 0 Å². The number of methoxy groups -OCH3 is 1. The van der Waals surface area contributed by atoms with Crippen LogP contribution in [-0.2, 0) is 17.6 Å². The topological polar surface area (TPSA) is 63.9 Å². The molecular weight excluding hydrogens is 202 g/mol. The molecule has 0 aromatic carbocycles. The SMILES string of the molecule is COC(C)(C)Cc1nc2c([nH]1)CCCC2N. The number of rotatable bonds is 3. The van der Waals surface area contributed by atoms with Crippen LogP contribution in [-0.4, -0.2) is 22.7 Å². The Balaban J connectivity index is 2.18. The molecule has 1 aromatic heterocycles. The van der Waals surface area contributed by atoms with Gasteiger partial charge >= 0.3 is 0 Å². The van der Waals surface area contributed by atoms with Gasteiger partial charge in [0.15, 0.2) is 0 Å². The maximum Gasteiger partial charge on any atom is 0.109 e. The molecule has 16 heavy (non-hydrogen) atoms. The van der Waals surface area contributed by atoms with Gasteiger partial charge in [-0.1, -0.05) is 0 Å². The van der Waals surface area contributed by atoms with Crippen molar-refractivity contribution in [2.75, 3.05) is 7.11 Å². The number of hydrogen-bond donors (Lipinski definition) is 2. The number of fused-ring (bicyclic) bond motifs is 1. The van der Waals surface area contributed by atoms with Crippen LogP contribution in [0.2, 0.25) is 0 Å². The van der Waals surface area contributed by atoms with E-state index >= 15 is 0 Å². The number of nitrogens with two attached hydrogens (primary N) is 1. The van der Waals surface area contributed by atoms with E-state index in [2.05, 4.69) is 23.8 Å². The Morgan fingerprint density at radius 2 is 2.31 bits per heavy atom. The highest BCUT2D eigenvalue weighted by Gasteiger charge is 2.24. The molecule has 0 aliphatic heterocycles. The number of hydrogen-bond acceptors (Lipinski definition) is 3. The molecule has 1 unspecified atom stereocenters. The lowest BCUT2D eigenvalue weighted by Gasteiger charge is -2.21. The number of ether oxygens (including phenoxy) is 1. The fourth-order valence-corrected chi connectivity index (χ4v) is 2.17. The van der Waals surface area contributed by atoms with Gasteiger partial charge in [0.25, 0.3) is 0 Å². The first kappa shape index (κ1) is 11.6. The third kappa shape index (κ3) is 2.28. The van der Waals surface area contributed by atoms with E-state index in [0.717, 1.165) is 37.2 Å². The van der Waals surface area contributed by atoms with Gasteiger partial charge in [0.2, 0.25) is 0 Å². The Kier molecular flexibility index (Phi) is 3.04. The molecule has 4 heteroatoms. The number of aryl methyl sites for hydroxylation is 1. The molecule has 1 aromatic rings. The summed E-state index contributed by atoms with van der Waals surface area (Å²) in [4.78, 5) is 7.99. The molecule has 0 bridgehead atoms. The second-order valence-electron chi connectivity index (χ2n) is 5.19. The number of aromatic amines is 1. The second kappa shape index (κ2) is 4.18. The molecule has 1 aliphatic carbocycles. The zero-order valence-electron chi connectivity index (χ0n) is 10.3. The van der Waals surface area contributed by atoms with Gasteiger partial charge in [-0.25, -0.2) is 4.98 Å². The van der Waals surface area contributed by atoms with Gasteiger partial charge in [-0.3, -0.25) is 0 Å². The Morgan fingerprint density at radius 1 is 1.56 bits per heavy atom. The van der Waals surface area contributed by atoms with Crippen LogP contribution in [0.3, 0.4) is 0 Å². The second-order valence-corrected chi connectivity index (χ2v) is 5.19. The first-order chi connectivity index (χ1) is 7.52. The summed E-state index contributed by atoms with van der Waals surface area (Å²) in [6, 6.07) is 0.111. The van der Waals surface area contributed by atoms with Crippen molar-refractivity contribution in [3.05, 3.63) is 17.2 Å². The molecule has 3 N–H and O–H groups in total. The largest absolute Gasteiger partial charge is 0.378 e. The molecule has 0 saturated heterocycles. The minimum Gasteiger partial charge on any atom is -0.378 e. The van der Waals surface area contributed by atoms with Crippen molar-refractivity contribution in [1.82, 2.24) is 9.97 Å². The van der Waals surface area contributed by atoms with Gasteiger partial charge in [-0.05, 0) is 33.1 Å². The van der Waals surface area contributed by atoms with Gasteiger partial charge in [-0.2, -0.15) is 0 Å². The number of aromatic nitrogens is 2. The van der Waals surface area contributed by atoms with E-state index in [0.29, 0.717) is 0 Å². The Hall–Kier alpha value is -0.870. The quantitative estimate of drug-likeness (QED) is 0.820. The van der Waals surface area contributed by atoms with Crippen molar-refractivity contribution in [2.24, 2.45) is 5.73 Å². The van der Waals surface area contributed by atoms with E-state index in [9.17, 15) is 0 Å². The minimum absolute atomic E-state index is 0.111.